The minimum Gasteiger partial charge on any atom is -0.496 e. The number of halogens is 2. The summed E-state index contributed by atoms with van der Waals surface area (Å²) in [5.74, 6) is 0.380. The lowest BCUT2D eigenvalue weighted by Gasteiger charge is -2.18. The smallest absolute Gasteiger partial charge is 0.258 e. The SMILES string of the molecule is COc1cccc(F)c1C(=O)NCC1CCCC1CBr. The average molecular weight is 344 g/mol. The molecule has 110 valence electrons. The van der Waals surface area contributed by atoms with E-state index in [1.165, 1.54) is 32.1 Å². The van der Waals surface area contributed by atoms with Crippen molar-refractivity contribution in [3.8, 4) is 5.75 Å². The maximum atomic E-state index is 13.8. The molecule has 20 heavy (non-hydrogen) atoms. The summed E-state index contributed by atoms with van der Waals surface area (Å²) in [6.07, 6.45) is 3.50. The number of carbonyl (C=O) groups excluding carboxylic acids is 1. The molecule has 0 spiro atoms. The number of methoxy groups -OCH3 is 1. The van der Waals surface area contributed by atoms with E-state index in [1.54, 1.807) is 6.07 Å². The Labute approximate surface area is 127 Å². The highest BCUT2D eigenvalue weighted by molar-refractivity contribution is 9.09. The largest absolute Gasteiger partial charge is 0.496 e. The first-order chi connectivity index (χ1) is 9.67. The molecule has 0 aromatic heterocycles. The van der Waals surface area contributed by atoms with Crippen LogP contribution in [0.3, 0.4) is 0 Å². The summed E-state index contributed by atoms with van der Waals surface area (Å²) in [6, 6.07) is 4.39. The normalized spacial score (nSPS) is 21.8. The van der Waals surface area contributed by atoms with Gasteiger partial charge in [0.05, 0.1) is 7.11 Å². The van der Waals surface area contributed by atoms with Gasteiger partial charge in [-0.25, -0.2) is 4.39 Å². The van der Waals surface area contributed by atoms with Crippen molar-refractivity contribution in [3.63, 3.8) is 0 Å². The van der Waals surface area contributed by atoms with E-state index in [2.05, 4.69) is 21.2 Å². The zero-order chi connectivity index (χ0) is 14.5. The van der Waals surface area contributed by atoms with Crippen LogP contribution in [-0.2, 0) is 0 Å². The molecule has 0 bridgehead atoms. The molecule has 1 aliphatic rings. The van der Waals surface area contributed by atoms with Crippen molar-refractivity contribution in [3.05, 3.63) is 29.6 Å². The average Bonchev–Trinajstić information content (AvgIpc) is 2.91. The molecule has 1 aromatic rings. The fourth-order valence-electron chi connectivity index (χ4n) is 2.79. The van der Waals surface area contributed by atoms with Gasteiger partial charge >= 0.3 is 0 Å². The van der Waals surface area contributed by atoms with Crippen LogP contribution in [0.1, 0.15) is 29.6 Å². The number of alkyl halides is 1. The van der Waals surface area contributed by atoms with Gasteiger partial charge in [0.15, 0.2) is 0 Å². The molecule has 0 radical (unpaired) electrons. The number of hydrogen-bond donors (Lipinski definition) is 1. The van der Waals surface area contributed by atoms with Gasteiger partial charge in [-0.3, -0.25) is 4.79 Å². The molecular weight excluding hydrogens is 325 g/mol. The summed E-state index contributed by atoms with van der Waals surface area (Å²) in [5.41, 5.74) is -0.0108. The molecule has 1 aliphatic carbocycles. The van der Waals surface area contributed by atoms with Crippen molar-refractivity contribution in [2.24, 2.45) is 11.8 Å². The molecule has 1 N–H and O–H groups in total. The van der Waals surface area contributed by atoms with E-state index in [9.17, 15) is 9.18 Å². The lowest BCUT2D eigenvalue weighted by Crippen LogP contribution is -2.32. The Morgan fingerprint density at radius 1 is 1.45 bits per heavy atom. The molecule has 0 heterocycles. The Morgan fingerprint density at radius 2 is 2.20 bits per heavy atom. The van der Waals surface area contributed by atoms with Crippen LogP contribution in [0.25, 0.3) is 0 Å². The number of amides is 1. The molecule has 0 aliphatic heterocycles. The van der Waals surface area contributed by atoms with E-state index in [0.29, 0.717) is 18.4 Å². The number of hydrogen-bond acceptors (Lipinski definition) is 2. The van der Waals surface area contributed by atoms with Crippen LogP contribution in [0.5, 0.6) is 5.75 Å². The van der Waals surface area contributed by atoms with Crippen molar-refractivity contribution in [1.82, 2.24) is 5.32 Å². The lowest BCUT2D eigenvalue weighted by atomic mass is 9.98. The van der Waals surface area contributed by atoms with Gasteiger partial charge in [0.2, 0.25) is 0 Å². The summed E-state index contributed by atoms with van der Waals surface area (Å²) in [6.45, 7) is 0.590. The standard InChI is InChI=1S/C15H19BrFNO2/c1-20-13-7-3-6-12(17)14(13)15(19)18-9-11-5-2-4-10(11)8-16/h3,6-7,10-11H,2,4-5,8-9H2,1H3,(H,18,19). The third-order valence-corrected chi connectivity index (χ3v) is 4.79. The van der Waals surface area contributed by atoms with Crippen LogP contribution in [-0.4, -0.2) is 24.9 Å². The molecule has 2 unspecified atom stereocenters. The predicted octanol–water partition coefficient (Wildman–Crippen LogP) is 3.38. The van der Waals surface area contributed by atoms with Crippen molar-refractivity contribution in [2.45, 2.75) is 19.3 Å². The van der Waals surface area contributed by atoms with E-state index in [0.717, 1.165) is 11.8 Å². The van der Waals surface area contributed by atoms with Crippen molar-refractivity contribution >= 4 is 21.8 Å². The second-order valence-electron chi connectivity index (χ2n) is 5.13. The second kappa shape index (κ2) is 7.07. The fraction of sp³-hybridized carbons (Fsp3) is 0.533. The molecule has 1 fully saturated rings. The first kappa shape index (κ1) is 15.3. The number of ether oxygens (including phenoxy) is 1. The van der Waals surface area contributed by atoms with Gasteiger partial charge in [0, 0.05) is 11.9 Å². The zero-order valence-electron chi connectivity index (χ0n) is 11.5. The van der Waals surface area contributed by atoms with E-state index < -0.39 is 11.7 Å². The highest BCUT2D eigenvalue weighted by Crippen LogP contribution is 2.32. The van der Waals surface area contributed by atoms with Crippen LogP contribution in [0, 0.1) is 17.7 Å². The Morgan fingerprint density at radius 3 is 2.90 bits per heavy atom. The Balaban J connectivity index is 2.02. The first-order valence-corrected chi connectivity index (χ1v) is 7.96. The highest BCUT2D eigenvalue weighted by atomic mass is 79.9. The summed E-state index contributed by atoms with van der Waals surface area (Å²) < 4.78 is 18.8. The number of benzene rings is 1. The van der Waals surface area contributed by atoms with Gasteiger partial charge in [0.1, 0.15) is 17.1 Å². The summed E-state index contributed by atoms with van der Waals surface area (Å²) in [5, 5.41) is 3.80. The van der Waals surface area contributed by atoms with Crippen molar-refractivity contribution in [2.75, 3.05) is 19.0 Å². The monoisotopic (exact) mass is 343 g/mol. The zero-order valence-corrected chi connectivity index (χ0v) is 13.1. The van der Waals surface area contributed by atoms with Gasteiger partial charge in [-0.15, -0.1) is 0 Å². The maximum Gasteiger partial charge on any atom is 0.258 e. The predicted molar refractivity (Wildman–Crippen MR) is 79.9 cm³/mol. The van der Waals surface area contributed by atoms with Gasteiger partial charge in [-0.1, -0.05) is 28.4 Å². The molecule has 2 atom stereocenters. The topological polar surface area (TPSA) is 38.3 Å². The van der Waals surface area contributed by atoms with Crippen LogP contribution in [0.15, 0.2) is 18.2 Å². The van der Waals surface area contributed by atoms with Crippen molar-refractivity contribution < 1.29 is 13.9 Å². The first-order valence-electron chi connectivity index (χ1n) is 6.84. The maximum absolute atomic E-state index is 13.8. The van der Waals surface area contributed by atoms with Crippen LogP contribution < -0.4 is 10.1 Å². The van der Waals surface area contributed by atoms with E-state index in [4.69, 9.17) is 4.74 Å². The summed E-state index contributed by atoms with van der Waals surface area (Å²) in [4.78, 5) is 12.2. The molecule has 0 saturated heterocycles. The van der Waals surface area contributed by atoms with Crippen LogP contribution in [0.4, 0.5) is 4.39 Å². The quantitative estimate of drug-likeness (QED) is 0.832. The van der Waals surface area contributed by atoms with Gasteiger partial charge in [0.25, 0.3) is 5.91 Å². The van der Waals surface area contributed by atoms with E-state index in [1.807, 2.05) is 0 Å². The van der Waals surface area contributed by atoms with Crippen LogP contribution in [0.2, 0.25) is 0 Å². The van der Waals surface area contributed by atoms with Gasteiger partial charge < -0.3 is 10.1 Å². The minimum atomic E-state index is -0.551. The summed E-state index contributed by atoms with van der Waals surface area (Å²) in [7, 11) is 1.43. The second-order valence-corrected chi connectivity index (χ2v) is 5.78. The van der Waals surface area contributed by atoms with E-state index >= 15 is 0 Å². The van der Waals surface area contributed by atoms with E-state index in [-0.39, 0.29) is 11.3 Å². The van der Waals surface area contributed by atoms with Gasteiger partial charge in [-0.05, 0) is 36.8 Å². The lowest BCUT2D eigenvalue weighted by molar-refractivity contribution is 0.0937. The molecule has 3 nitrogen and oxygen atoms in total. The highest BCUT2D eigenvalue weighted by Gasteiger charge is 2.27. The third kappa shape index (κ3) is 3.32. The molecule has 1 saturated carbocycles. The molecule has 1 aromatic carbocycles. The number of carbonyl (C=O) groups is 1. The molecule has 1 amide bonds. The van der Waals surface area contributed by atoms with Gasteiger partial charge in [-0.2, -0.15) is 0 Å². The van der Waals surface area contributed by atoms with Crippen LogP contribution >= 0.6 is 15.9 Å². The number of nitrogens with one attached hydrogen (secondary N) is 1. The third-order valence-electron chi connectivity index (χ3n) is 3.96. The molecule has 2 rings (SSSR count). The molecule has 5 heteroatoms. The fourth-order valence-corrected chi connectivity index (χ4v) is 3.64. The Hall–Kier alpha value is -1.10. The minimum absolute atomic E-state index is 0.0108. The molecular formula is C15H19BrFNO2. The number of rotatable bonds is 5. The van der Waals surface area contributed by atoms with Crippen molar-refractivity contribution in [1.29, 1.82) is 0 Å². The Kier molecular flexibility index (Phi) is 5.40. The summed E-state index contributed by atoms with van der Waals surface area (Å²) >= 11 is 3.51. The Bertz CT molecular complexity index is 481.